The maximum atomic E-state index is 8.26. The molecule has 0 unspecified atom stereocenters. The molecule has 50 valence electrons. The standard InChI is InChI=1S/C6H3ClN2S/c7-6-3-5(10-4-8)1-2-9-6/h1-3H. The molecule has 0 amide bonds. The van der Waals surface area contributed by atoms with Crippen LogP contribution in [0.25, 0.3) is 0 Å². The third-order valence-corrected chi connectivity index (χ3v) is 1.65. The van der Waals surface area contributed by atoms with Crippen molar-refractivity contribution in [3.63, 3.8) is 0 Å². The summed E-state index contributed by atoms with van der Waals surface area (Å²) >= 11 is 6.62. The molecule has 0 aromatic carbocycles. The molecule has 0 spiro atoms. The van der Waals surface area contributed by atoms with Crippen molar-refractivity contribution in [3.8, 4) is 5.40 Å². The number of aromatic nitrogens is 1. The Morgan fingerprint density at radius 3 is 3.10 bits per heavy atom. The van der Waals surface area contributed by atoms with Gasteiger partial charge in [0.15, 0.2) is 0 Å². The van der Waals surface area contributed by atoms with Gasteiger partial charge in [0.25, 0.3) is 0 Å². The minimum Gasteiger partial charge on any atom is -0.244 e. The van der Waals surface area contributed by atoms with E-state index < -0.39 is 0 Å². The first-order valence-corrected chi connectivity index (χ1v) is 3.70. The second kappa shape index (κ2) is 3.45. The van der Waals surface area contributed by atoms with Gasteiger partial charge < -0.3 is 0 Å². The first-order valence-electron chi connectivity index (χ1n) is 2.50. The second-order valence-corrected chi connectivity index (χ2v) is 2.75. The zero-order valence-electron chi connectivity index (χ0n) is 4.91. The highest BCUT2D eigenvalue weighted by molar-refractivity contribution is 8.03. The van der Waals surface area contributed by atoms with Crippen molar-refractivity contribution in [1.82, 2.24) is 4.98 Å². The number of rotatable bonds is 1. The Morgan fingerprint density at radius 2 is 2.50 bits per heavy atom. The summed E-state index contributed by atoms with van der Waals surface area (Å²) < 4.78 is 0. The highest BCUT2D eigenvalue weighted by Gasteiger charge is 1.92. The van der Waals surface area contributed by atoms with Gasteiger partial charge in [-0.05, 0) is 23.9 Å². The fourth-order valence-corrected chi connectivity index (χ4v) is 1.14. The molecule has 0 atom stereocenters. The molecular weight excluding hydrogens is 168 g/mol. The van der Waals surface area contributed by atoms with E-state index in [1.165, 1.54) is 0 Å². The van der Waals surface area contributed by atoms with Crippen LogP contribution in [0.5, 0.6) is 0 Å². The quantitative estimate of drug-likeness (QED) is 0.369. The molecular formula is C6H3ClN2S. The Bertz CT molecular complexity index is 269. The highest BCUT2D eigenvalue weighted by atomic mass is 35.5. The van der Waals surface area contributed by atoms with Crippen LogP contribution < -0.4 is 0 Å². The SMILES string of the molecule is N#CSc1ccnc(Cl)c1. The van der Waals surface area contributed by atoms with Crippen molar-refractivity contribution in [2.45, 2.75) is 4.90 Å². The van der Waals surface area contributed by atoms with Gasteiger partial charge in [0, 0.05) is 11.1 Å². The molecule has 0 aliphatic carbocycles. The number of hydrogen-bond donors (Lipinski definition) is 0. The molecule has 0 radical (unpaired) electrons. The first-order chi connectivity index (χ1) is 4.83. The molecule has 0 aliphatic rings. The molecule has 0 bridgehead atoms. The van der Waals surface area contributed by atoms with E-state index in [1.54, 1.807) is 18.3 Å². The van der Waals surface area contributed by atoms with Crippen molar-refractivity contribution in [2.24, 2.45) is 0 Å². The van der Waals surface area contributed by atoms with Crippen molar-refractivity contribution >= 4 is 23.4 Å². The molecule has 0 aliphatic heterocycles. The van der Waals surface area contributed by atoms with Gasteiger partial charge in [0.2, 0.25) is 0 Å². The third kappa shape index (κ3) is 1.90. The van der Waals surface area contributed by atoms with Crippen LogP contribution in [0.4, 0.5) is 0 Å². The van der Waals surface area contributed by atoms with Crippen LogP contribution in [0, 0.1) is 10.7 Å². The van der Waals surface area contributed by atoms with E-state index in [0.717, 1.165) is 16.7 Å². The summed E-state index contributed by atoms with van der Waals surface area (Å²) in [5.74, 6) is 0. The fraction of sp³-hybridized carbons (Fsp3) is 0. The summed E-state index contributed by atoms with van der Waals surface area (Å²) in [6, 6.07) is 3.38. The first kappa shape index (κ1) is 7.39. The van der Waals surface area contributed by atoms with Crippen molar-refractivity contribution in [1.29, 1.82) is 5.26 Å². The number of nitrogens with zero attached hydrogens (tertiary/aromatic N) is 2. The number of halogens is 1. The van der Waals surface area contributed by atoms with E-state index in [2.05, 4.69) is 4.98 Å². The van der Waals surface area contributed by atoms with Crippen LogP contribution in [-0.4, -0.2) is 4.98 Å². The fourth-order valence-electron chi connectivity index (χ4n) is 0.501. The smallest absolute Gasteiger partial charge is 0.138 e. The number of hydrogen-bond acceptors (Lipinski definition) is 3. The van der Waals surface area contributed by atoms with Crippen molar-refractivity contribution in [3.05, 3.63) is 23.5 Å². The monoisotopic (exact) mass is 170 g/mol. The average Bonchev–Trinajstić information content (AvgIpc) is 1.88. The molecule has 0 saturated heterocycles. The van der Waals surface area contributed by atoms with Crippen LogP contribution in [-0.2, 0) is 0 Å². The molecule has 1 aromatic heterocycles. The molecule has 1 rings (SSSR count). The number of pyridine rings is 1. The lowest BCUT2D eigenvalue weighted by Crippen LogP contribution is -1.73. The van der Waals surface area contributed by atoms with Gasteiger partial charge in [-0.15, -0.1) is 0 Å². The predicted molar refractivity (Wildman–Crippen MR) is 40.7 cm³/mol. The Kier molecular flexibility index (Phi) is 2.55. The Balaban J connectivity index is 2.87. The van der Waals surface area contributed by atoms with Crippen LogP contribution in [0.15, 0.2) is 23.2 Å². The Morgan fingerprint density at radius 1 is 1.70 bits per heavy atom. The van der Waals surface area contributed by atoms with Crippen LogP contribution in [0.3, 0.4) is 0 Å². The van der Waals surface area contributed by atoms with Gasteiger partial charge in [-0.3, -0.25) is 0 Å². The largest absolute Gasteiger partial charge is 0.244 e. The zero-order valence-corrected chi connectivity index (χ0v) is 6.49. The molecule has 1 heterocycles. The van der Waals surface area contributed by atoms with E-state index >= 15 is 0 Å². The summed E-state index contributed by atoms with van der Waals surface area (Å²) in [6.45, 7) is 0. The Hall–Kier alpha value is -0.720. The third-order valence-electron chi connectivity index (χ3n) is 0.862. The number of thiocyanates is 1. The normalized spacial score (nSPS) is 8.80. The number of nitriles is 1. The van der Waals surface area contributed by atoms with E-state index in [1.807, 2.05) is 5.40 Å². The molecule has 10 heavy (non-hydrogen) atoms. The lowest BCUT2D eigenvalue weighted by Gasteiger charge is -1.90. The van der Waals surface area contributed by atoms with Gasteiger partial charge in [-0.1, -0.05) is 11.6 Å². The molecule has 0 saturated carbocycles. The van der Waals surface area contributed by atoms with Crippen molar-refractivity contribution < 1.29 is 0 Å². The van der Waals surface area contributed by atoms with Gasteiger partial charge in [-0.2, -0.15) is 5.26 Å². The summed E-state index contributed by atoms with van der Waals surface area (Å²) in [5.41, 5.74) is 0. The summed E-state index contributed by atoms with van der Waals surface area (Å²) in [4.78, 5) is 4.59. The van der Waals surface area contributed by atoms with Gasteiger partial charge >= 0.3 is 0 Å². The lowest BCUT2D eigenvalue weighted by atomic mass is 10.5. The highest BCUT2D eigenvalue weighted by Crippen LogP contribution is 2.17. The summed E-state index contributed by atoms with van der Waals surface area (Å²) in [5, 5.41) is 10.6. The maximum Gasteiger partial charge on any atom is 0.138 e. The molecule has 0 fully saturated rings. The van der Waals surface area contributed by atoms with E-state index in [-0.39, 0.29) is 0 Å². The van der Waals surface area contributed by atoms with Gasteiger partial charge in [-0.25, -0.2) is 4.98 Å². The van der Waals surface area contributed by atoms with Crippen LogP contribution >= 0.6 is 23.4 Å². The topological polar surface area (TPSA) is 36.7 Å². The van der Waals surface area contributed by atoms with Crippen LogP contribution in [0.2, 0.25) is 5.15 Å². The maximum absolute atomic E-state index is 8.26. The van der Waals surface area contributed by atoms with Gasteiger partial charge in [0.05, 0.1) is 0 Å². The average molecular weight is 171 g/mol. The van der Waals surface area contributed by atoms with Crippen LogP contribution in [0.1, 0.15) is 0 Å². The van der Waals surface area contributed by atoms with E-state index in [4.69, 9.17) is 16.9 Å². The van der Waals surface area contributed by atoms with Gasteiger partial charge in [0.1, 0.15) is 10.6 Å². The zero-order chi connectivity index (χ0) is 7.40. The van der Waals surface area contributed by atoms with Crippen molar-refractivity contribution in [2.75, 3.05) is 0 Å². The minimum atomic E-state index is 0.417. The minimum absolute atomic E-state index is 0.417. The summed E-state index contributed by atoms with van der Waals surface area (Å²) in [6.07, 6.45) is 1.57. The molecule has 4 heteroatoms. The van der Waals surface area contributed by atoms with E-state index in [9.17, 15) is 0 Å². The summed E-state index contributed by atoms with van der Waals surface area (Å²) in [7, 11) is 0. The Labute approximate surface area is 67.8 Å². The molecule has 1 aromatic rings. The number of thioether (sulfide) groups is 1. The second-order valence-electron chi connectivity index (χ2n) is 1.51. The molecule has 2 nitrogen and oxygen atoms in total. The molecule has 0 N–H and O–H groups in total. The van der Waals surface area contributed by atoms with E-state index in [0.29, 0.717) is 5.15 Å². The lowest BCUT2D eigenvalue weighted by molar-refractivity contribution is 1.27. The predicted octanol–water partition coefficient (Wildman–Crippen LogP) is 2.31.